The van der Waals surface area contributed by atoms with Crippen molar-refractivity contribution in [2.45, 2.75) is 52.1 Å². The van der Waals surface area contributed by atoms with Gasteiger partial charge in [0.2, 0.25) is 0 Å². The Hall–Kier alpha value is -3.35. The van der Waals surface area contributed by atoms with Gasteiger partial charge in [-0.3, -0.25) is 24.9 Å². The maximum atomic E-state index is 13.4. The highest BCUT2D eigenvalue weighted by Gasteiger charge is 2.56. The van der Waals surface area contributed by atoms with Crippen LogP contribution < -0.4 is 15.8 Å². The number of benzene rings is 2. The number of carbonyl (C=O) groups is 3. The largest absolute Gasteiger partial charge is 0.325 e. The van der Waals surface area contributed by atoms with Crippen molar-refractivity contribution < 1.29 is 14.4 Å². The number of hydrazine groups is 1. The van der Waals surface area contributed by atoms with Crippen LogP contribution >= 0.6 is 0 Å². The number of rotatable bonds is 6. The summed E-state index contributed by atoms with van der Waals surface area (Å²) in [5.74, 6) is -0.402. The summed E-state index contributed by atoms with van der Waals surface area (Å²) in [6, 6.07) is 18.8. The number of nitrogens with one attached hydrogen (secondary N) is 2. The molecule has 0 radical (unpaired) electrons. The molecule has 4 amide bonds. The number of imide groups is 1. The van der Waals surface area contributed by atoms with Crippen LogP contribution in [0.2, 0.25) is 0 Å². The minimum Gasteiger partial charge on any atom is -0.323 e. The second-order valence-corrected chi connectivity index (χ2v) is 10.2. The van der Waals surface area contributed by atoms with E-state index in [9.17, 15) is 14.4 Å². The molecule has 0 bridgehead atoms. The fraction of sp³-hybridized carbons (Fsp3) is 0.423. The van der Waals surface area contributed by atoms with Crippen molar-refractivity contribution in [3.05, 3.63) is 66.2 Å². The molecule has 7 heteroatoms. The van der Waals surface area contributed by atoms with Gasteiger partial charge in [0.05, 0.1) is 12.2 Å². The molecule has 2 aromatic carbocycles. The van der Waals surface area contributed by atoms with Crippen LogP contribution in [0, 0.1) is 11.3 Å². The van der Waals surface area contributed by atoms with Gasteiger partial charge in [0.1, 0.15) is 12.1 Å². The van der Waals surface area contributed by atoms with Gasteiger partial charge in [-0.25, -0.2) is 4.79 Å². The van der Waals surface area contributed by atoms with Crippen LogP contribution in [-0.4, -0.2) is 34.8 Å². The van der Waals surface area contributed by atoms with Crippen LogP contribution in [0.3, 0.4) is 0 Å². The first kappa shape index (κ1) is 22.8. The highest BCUT2D eigenvalue weighted by molar-refractivity contribution is 6.09. The van der Waals surface area contributed by atoms with E-state index in [1.807, 2.05) is 60.7 Å². The fourth-order valence-electron chi connectivity index (χ4n) is 5.55. The molecular weight excluding hydrogens is 416 g/mol. The van der Waals surface area contributed by atoms with Gasteiger partial charge >= 0.3 is 6.03 Å². The number of hydrogen-bond donors (Lipinski definition) is 2. The quantitative estimate of drug-likeness (QED) is 0.519. The number of nitrogens with zero attached hydrogens (tertiary/aromatic N) is 2. The van der Waals surface area contributed by atoms with Crippen molar-refractivity contribution in [3.63, 3.8) is 0 Å². The molecule has 0 aromatic heterocycles. The Morgan fingerprint density at radius 1 is 1.06 bits per heavy atom. The average molecular weight is 449 g/mol. The second kappa shape index (κ2) is 8.89. The molecule has 33 heavy (non-hydrogen) atoms. The van der Waals surface area contributed by atoms with E-state index in [4.69, 9.17) is 0 Å². The van der Waals surface area contributed by atoms with E-state index in [2.05, 4.69) is 31.5 Å². The van der Waals surface area contributed by atoms with E-state index >= 15 is 0 Å². The van der Waals surface area contributed by atoms with E-state index in [0.717, 1.165) is 22.6 Å². The van der Waals surface area contributed by atoms with E-state index in [1.54, 1.807) is 5.01 Å². The average Bonchev–Trinajstić information content (AvgIpc) is 2.96. The van der Waals surface area contributed by atoms with Gasteiger partial charge in [-0.2, -0.15) is 0 Å². The number of amides is 4. The van der Waals surface area contributed by atoms with Crippen molar-refractivity contribution in [1.29, 1.82) is 0 Å². The number of anilines is 1. The number of urea groups is 1. The molecule has 2 aliphatic rings. The Labute approximate surface area is 195 Å². The lowest BCUT2D eigenvalue weighted by Gasteiger charge is -2.43. The van der Waals surface area contributed by atoms with Gasteiger partial charge in [0, 0.05) is 0 Å². The zero-order chi connectivity index (χ0) is 23.6. The Kier molecular flexibility index (Phi) is 6.15. The van der Waals surface area contributed by atoms with Crippen LogP contribution in [0.1, 0.15) is 45.6 Å². The lowest BCUT2D eigenvalue weighted by molar-refractivity contribution is -0.137. The molecule has 2 atom stereocenters. The minimum atomic E-state index is -0.915. The van der Waals surface area contributed by atoms with Gasteiger partial charge in [-0.1, -0.05) is 69.3 Å². The zero-order valence-electron chi connectivity index (χ0n) is 19.5. The lowest BCUT2D eigenvalue weighted by Crippen LogP contribution is -2.54. The second-order valence-electron chi connectivity index (χ2n) is 10.2. The molecular formula is C26H32N4O3. The van der Waals surface area contributed by atoms with Crippen LogP contribution in [0.15, 0.2) is 60.7 Å². The molecule has 2 unspecified atom stereocenters. The number of carbonyl (C=O) groups excluding carboxylic acids is 3. The molecule has 4 rings (SSSR count). The Morgan fingerprint density at radius 3 is 2.33 bits per heavy atom. The molecule has 1 spiro atoms. The summed E-state index contributed by atoms with van der Waals surface area (Å²) >= 11 is 0. The van der Waals surface area contributed by atoms with Crippen LogP contribution in [0.5, 0.6) is 0 Å². The molecule has 2 fully saturated rings. The lowest BCUT2D eigenvalue weighted by atomic mass is 9.64. The van der Waals surface area contributed by atoms with Gasteiger partial charge < -0.3 is 5.32 Å². The first-order valence-corrected chi connectivity index (χ1v) is 11.5. The van der Waals surface area contributed by atoms with Gasteiger partial charge in [-0.15, -0.1) is 0 Å². The fourth-order valence-corrected chi connectivity index (χ4v) is 5.55. The van der Waals surface area contributed by atoms with Crippen molar-refractivity contribution in [2.24, 2.45) is 11.3 Å². The molecule has 1 heterocycles. The molecule has 2 N–H and O–H groups in total. The molecule has 1 saturated carbocycles. The summed E-state index contributed by atoms with van der Waals surface area (Å²) < 4.78 is 0. The number of hydrogen-bond acceptors (Lipinski definition) is 4. The smallest absolute Gasteiger partial charge is 0.323 e. The first-order chi connectivity index (χ1) is 15.7. The summed E-state index contributed by atoms with van der Waals surface area (Å²) in [5, 5.41) is 4.66. The Bertz CT molecular complexity index is 1020. The first-order valence-electron chi connectivity index (χ1n) is 11.5. The summed E-state index contributed by atoms with van der Waals surface area (Å²) in [7, 11) is 0. The number of para-hydroxylation sites is 1. The SMILES string of the molecule is CC1CC(C)(C)CC2(C1)NC(=O)N(CC(=O)NN(Cc1ccccc1)c1ccccc1)C2=O. The topological polar surface area (TPSA) is 81.8 Å². The van der Waals surface area contributed by atoms with Gasteiger partial charge in [0.15, 0.2) is 0 Å². The normalized spacial score (nSPS) is 24.0. The monoisotopic (exact) mass is 448 g/mol. The van der Waals surface area contributed by atoms with Crippen LogP contribution in [0.25, 0.3) is 0 Å². The minimum absolute atomic E-state index is 0.0569. The highest BCUT2D eigenvalue weighted by atomic mass is 16.2. The summed E-state index contributed by atoms with van der Waals surface area (Å²) in [6.45, 7) is 6.49. The van der Waals surface area contributed by atoms with E-state index in [-0.39, 0.29) is 17.9 Å². The van der Waals surface area contributed by atoms with Crippen molar-refractivity contribution in [2.75, 3.05) is 11.6 Å². The van der Waals surface area contributed by atoms with Crippen molar-refractivity contribution in [3.8, 4) is 0 Å². The third kappa shape index (κ3) is 5.02. The van der Waals surface area contributed by atoms with E-state index in [0.29, 0.717) is 25.3 Å². The summed E-state index contributed by atoms with van der Waals surface area (Å²) in [4.78, 5) is 40.2. The molecule has 174 valence electrons. The standard InChI is InChI=1S/C26H32N4O3/c1-19-14-25(2,3)18-26(15-19)23(32)29(24(33)27-26)17-22(31)28-30(21-12-8-5-9-13-21)16-20-10-6-4-7-11-20/h4-13,19H,14-18H2,1-3H3,(H,27,33)(H,28,31). The predicted molar refractivity (Wildman–Crippen MR) is 127 cm³/mol. The zero-order valence-corrected chi connectivity index (χ0v) is 19.5. The molecule has 1 saturated heterocycles. The third-order valence-corrected chi connectivity index (χ3v) is 6.44. The summed E-state index contributed by atoms with van der Waals surface area (Å²) in [6.07, 6.45) is 2.18. The maximum absolute atomic E-state index is 13.4. The van der Waals surface area contributed by atoms with Gasteiger partial charge in [-0.05, 0) is 48.3 Å². The molecule has 7 nitrogen and oxygen atoms in total. The van der Waals surface area contributed by atoms with Crippen LogP contribution in [-0.2, 0) is 16.1 Å². The summed E-state index contributed by atoms with van der Waals surface area (Å²) in [5.41, 5.74) is 3.75. The van der Waals surface area contributed by atoms with E-state index in [1.165, 1.54) is 0 Å². The predicted octanol–water partition coefficient (Wildman–Crippen LogP) is 3.86. The Morgan fingerprint density at radius 2 is 1.70 bits per heavy atom. The van der Waals surface area contributed by atoms with Gasteiger partial charge in [0.25, 0.3) is 11.8 Å². The third-order valence-electron chi connectivity index (χ3n) is 6.44. The van der Waals surface area contributed by atoms with E-state index < -0.39 is 17.5 Å². The molecule has 1 aliphatic heterocycles. The van der Waals surface area contributed by atoms with Crippen molar-refractivity contribution >= 4 is 23.5 Å². The van der Waals surface area contributed by atoms with Crippen molar-refractivity contribution in [1.82, 2.24) is 15.6 Å². The molecule has 1 aliphatic carbocycles. The maximum Gasteiger partial charge on any atom is 0.325 e. The van der Waals surface area contributed by atoms with Crippen LogP contribution in [0.4, 0.5) is 10.5 Å². The Balaban J connectivity index is 1.48. The molecule has 2 aromatic rings. The highest BCUT2D eigenvalue weighted by Crippen LogP contribution is 2.46.